The van der Waals surface area contributed by atoms with E-state index < -0.39 is 23.8 Å². The lowest BCUT2D eigenvalue weighted by molar-refractivity contribution is -0.186. The number of hydrogen-bond acceptors (Lipinski definition) is 7. The summed E-state index contributed by atoms with van der Waals surface area (Å²) in [5, 5.41) is 9.94. The summed E-state index contributed by atoms with van der Waals surface area (Å²) in [6.45, 7) is -0.415. The lowest BCUT2D eigenvalue weighted by Gasteiger charge is -2.30. The van der Waals surface area contributed by atoms with Crippen molar-refractivity contribution in [3.8, 4) is 10.6 Å². The number of fused-ring (bicyclic) bond motifs is 1. The van der Waals surface area contributed by atoms with E-state index in [2.05, 4.69) is 15.3 Å². The second kappa shape index (κ2) is 9.48. The Bertz CT molecular complexity index is 1280. The monoisotopic (exact) mass is 553 g/mol. The maximum absolute atomic E-state index is 13.6. The number of nitrogens with two attached hydrogens (primary N) is 1. The Labute approximate surface area is 207 Å². The minimum atomic E-state index is -4.98. The van der Waals surface area contributed by atoms with E-state index in [1.165, 1.54) is 12.1 Å². The predicted molar refractivity (Wildman–Crippen MR) is 120 cm³/mol. The van der Waals surface area contributed by atoms with Crippen LogP contribution in [0.1, 0.15) is 16.7 Å². The number of anilines is 2. The molecule has 0 saturated carbocycles. The van der Waals surface area contributed by atoms with Crippen LogP contribution in [0.5, 0.6) is 0 Å². The largest absolute Gasteiger partial charge is 0.471 e. The summed E-state index contributed by atoms with van der Waals surface area (Å²) in [5.41, 5.74) is -0.0295. The standard InChI is InChI=1S/C20H14ClF6N5OS2/c21-13-3-10-7-32(17(33)20(25,26)27)2-1-9(10)4-14(13)30-18-29-6-12(19(22,23)24)16(31-18)15-5-11(35-28)8-34-15/h3-6,8H,1-2,7,28H2,(H,29,30,31). The van der Waals surface area contributed by atoms with Crippen molar-refractivity contribution >= 4 is 52.4 Å². The van der Waals surface area contributed by atoms with Crippen LogP contribution in [0, 0.1) is 0 Å². The molecule has 3 aromatic rings. The molecule has 1 aliphatic rings. The molecule has 3 N–H and O–H groups in total. The first kappa shape index (κ1) is 25.5. The van der Waals surface area contributed by atoms with Crippen LogP contribution < -0.4 is 10.5 Å². The number of rotatable bonds is 4. The van der Waals surface area contributed by atoms with E-state index in [1.54, 1.807) is 11.4 Å². The SMILES string of the molecule is NSc1csc(-c2nc(Nc3cc4c(cc3Cl)CN(C(=O)C(F)(F)F)CC4)ncc2C(F)(F)F)c1. The third-order valence-corrected chi connectivity index (χ3v) is 7.02. The second-order valence-electron chi connectivity index (χ2n) is 7.42. The molecule has 1 aliphatic heterocycles. The normalized spacial score (nSPS) is 14.1. The molecule has 1 amide bonds. The van der Waals surface area contributed by atoms with Gasteiger partial charge in [-0.2, -0.15) is 26.3 Å². The zero-order valence-electron chi connectivity index (χ0n) is 17.3. The van der Waals surface area contributed by atoms with Crippen molar-refractivity contribution in [2.75, 3.05) is 11.9 Å². The molecule has 0 radical (unpaired) electrons. The van der Waals surface area contributed by atoms with E-state index in [9.17, 15) is 31.1 Å². The highest BCUT2D eigenvalue weighted by molar-refractivity contribution is 7.97. The third kappa shape index (κ3) is 5.50. The summed E-state index contributed by atoms with van der Waals surface area (Å²) in [6.07, 6.45) is -8.88. The van der Waals surface area contributed by atoms with Gasteiger partial charge in [-0.25, -0.2) is 9.97 Å². The lowest BCUT2D eigenvalue weighted by atomic mass is 9.99. The molecule has 15 heteroatoms. The molecule has 0 fully saturated rings. The number of hydrogen-bond donors (Lipinski definition) is 2. The number of aromatic nitrogens is 2. The maximum atomic E-state index is 13.6. The number of thiophene rings is 1. The molecule has 3 heterocycles. The number of carbonyl (C=O) groups is 1. The molecule has 0 saturated heterocycles. The fourth-order valence-corrected chi connectivity index (χ4v) is 5.12. The van der Waals surface area contributed by atoms with Crippen LogP contribution in [0.15, 0.2) is 34.7 Å². The molecule has 186 valence electrons. The maximum Gasteiger partial charge on any atom is 0.471 e. The molecule has 1 aromatic carbocycles. The highest BCUT2D eigenvalue weighted by atomic mass is 35.5. The molecule has 6 nitrogen and oxygen atoms in total. The fraction of sp³-hybridized carbons (Fsp3) is 0.250. The number of amides is 1. The van der Waals surface area contributed by atoms with Crippen LogP contribution >= 0.6 is 34.9 Å². The Morgan fingerprint density at radius 3 is 2.54 bits per heavy atom. The summed E-state index contributed by atoms with van der Waals surface area (Å²) in [5.74, 6) is -2.09. The Kier molecular flexibility index (Phi) is 6.92. The summed E-state index contributed by atoms with van der Waals surface area (Å²) in [4.78, 5) is 20.9. The summed E-state index contributed by atoms with van der Waals surface area (Å²) in [7, 11) is 0. The highest BCUT2D eigenvalue weighted by Gasteiger charge is 2.43. The van der Waals surface area contributed by atoms with Crippen LogP contribution in [-0.2, 0) is 23.9 Å². The van der Waals surface area contributed by atoms with E-state index in [0.717, 1.165) is 23.3 Å². The van der Waals surface area contributed by atoms with Crippen LogP contribution in [0.3, 0.4) is 0 Å². The van der Waals surface area contributed by atoms with Crippen LogP contribution in [0.2, 0.25) is 5.02 Å². The molecular weight excluding hydrogens is 540 g/mol. The van der Waals surface area contributed by atoms with Gasteiger partial charge in [-0.3, -0.25) is 9.93 Å². The van der Waals surface area contributed by atoms with Crippen molar-refractivity contribution in [1.82, 2.24) is 14.9 Å². The smallest absolute Gasteiger partial charge is 0.330 e. The van der Waals surface area contributed by atoms with Crippen molar-refractivity contribution in [3.63, 3.8) is 0 Å². The molecule has 0 spiro atoms. The van der Waals surface area contributed by atoms with E-state index in [-0.39, 0.29) is 46.7 Å². The number of benzene rings is 1. The number of nitrogens with one attached hydrogen (secondary N) is 1. The number of halogens is 7. The molecule has 4 rings (SSSR count). The topological polar surface area (TPSA) is 84.1 Å². The summed E-state index contributed by atoms with van der Waals surface area (Å²) >= 11 is 8.20. The Hall–Kier alpha value is -2.55. The minimum absolute atomic E-state index is 0.0769. The molecule has 35 heavy (non-hydrogen) atoms. The van der Waals surface area contributed by atoms with E-state index in [1.807, 2.05) is 0 Å². The number of nitrogens with zero attached hydrogens (tertiary/aromatic N) is 3. The first-order valence-corrected chi connectivity index (χ1v) is 11.8. The molecule has 0 aliphatic carbocycles. The van der Waals surface area contributed by atoms with Gasteiger partial charge in [0.05, 0.1) is 21.3 Å². The van der Waals surface area contributed by atoms with Crippen LogP contribution in [0.25, 0.3) is 10.6 Å². The lowest BCUT2D eigenvalue weighted by Crippen LogP contribution is -2.43. The summed E-state index contributed by atoms with van der Waals surface area (Å²) in [6, 6.07) is 4.45. The van der Waals surface area contributed by atoms with Crippen molar-refractivity contribution in [1.29, 1.82) is 0 Å². The molecule has 2 aromatic heterocycles. The zero-order chi connectivity index (χ0) is 25.5. The van der Waals surface area contributed by atoms with Crippen molar-refractivity contribution < 1.29 is 31.1 Å². The van der Waals surface area contributed by atoms with Gasteiger partial charge in [-0.05, 0) is 47.7 Å². The highest BCUT2D eigenvalue weighted by Crippen LogP contribution is 2.40. The van der Waals surface area contributed by atoms with Gasteiger partial charge in [0.25, 0.3) is 0 Å². The predicted octanol–water partition coefficient (Wildman–Crippen LogP) is 6.03. The van der Waals surface area contributed by atoms with Gasteiger partial charge in [0.1, 0.15) is 5.56 Å². The minimum Gasteiger partial charge on any atom is -0.330 e. The van der Waals surface area contributed by atoms with Crippen LogP contribution in [-0.4, -0.2) is 33.5 Å². The molecule has 0 atom stereocenters. The van der Waals surface area contributed by atoms with Crippen molar-refractivity contribution in [2.45, 2.75) is 30.2 Å². The van der Waals surface area contributed by atoms with Gasteiger partial charge in [0.2, 0.25) is 5.95 Å². The van der Waals surface area contributed by atoms with Gasteiger partial charge < -0.3 is 10.2 Å². The van der Waals surface area contributed by atoms with E-state index in [0.29, 0.717) is 27.1 Å². The Morgan fingerprint density at radius 1 is 1.17 bits per heavy atom. The second-order valence-corrected chi connectivity index (χ2v) is 9.44. The van der Waals surface area contributed by atoms with Crippen molar-refractivity contribution in [3.05, 3.63) is 51.5 Å². The average Bonchev–Trinajstić information content (AvgIpc) is 3.27. The zero-order valence-corrected chi connectivity index (χ0v) is 19.7. The van der Waals surface area contributed by atoms with Crippen LogP contribution in [0.4, 0.5) is 38.0 Å². The third-order valence-electron chi connectivity index (χ3n) is 5.12. The number of carbonyl (C=O) groups excluding carboxylic acids is 1. The summed E-state index contributed by atoms with van der Waals surface area (Å²) < 4.78 is 78.9. The average molecular weight is 554 g/mol. The van der Waals surface area contributed by atoms with Gasteiger partial charge in [0, 0.05) is 29.6 Å². The molecular formula is C20H14ClF6N5OS2. The van der Waals surface area contributed by atoms with Gasteiger partial charge >= 0.3 is 18.3 Å². The quantitative estimate of drug-likeness (QED) is 0.303. The Balaban J connectivity index is 1.64. The Morgan fingerprint density at radius 2 is 1.91 bits per heavy atom. The number of alkyl halides is 6. The van der Waals surface area contributed by atoms with Gasteiger partial charge in [0.15, 0.2) is 0 Å². The molecule has 0 bridgehead atoms. The molecule has 0 unspecified atom stereocenters. The van der Waals surface area contributed by atoms with Gasteiger partial charge in [-0.1, -0.05) is 11.6 Å². The first-order chi connectivity index (χ1) is 16.4. The van der Waals surface area contributed by atoms with Gasteiger partial charge in [-0.15, -0.1) is 11.3 Å². The first-order valence-electron chi connectivity index (χ1n) is 9.71. The van der Waals surface area contributed by atoms with E-state index in [4.69, 9.17) is 16.7 Å². The fourth-order valence-electron chi connectivity index (χ4n) is 3.49. The van der Waals surface area contributed by atoms with E-state index >= 15 is 0 Å². The van der Waals surface area contributed by atoms with Crippen molar-refractivity contribution in [2.24, 2.45) is 5.14 Å².